The molecule has 1 aliphatic rings. The molecule has 0 radical (unpaired) electrons. The van der Waals surface area contributed by atoms with Crippen LogP contribution in [0.4, 0.5) is 0 Å². The Balaban J connectivity index is 0.00000144. The number of hydrogen-bond acceptors (Lipinski definition) is 3. The Kier molecular flexibility index (Phi) is 5.43. The normalized spacial score (nSPS) is 16.8. The van der Waals surface area contributed by atoms with Crippen LogP contribution in [0.5, 0.6) is 0 Å². The van der Waals surface area contributed by atoms with Gasteiger partial charge >= 0.3 is 0 Å². The minimum Gasteiger partial charge on any atom is -0.351 e. The van der Waals surface area contributed by atoms with E-state index in [9.17, 15) is 4.79 Å². The molecule has 0 saturated carbocycles. The summed E-state index contributed by atoms with van der Waals surface area (Å²) in [7, 11) is 0. The number of carbonyl (C=O) groups excluding carboxylic acids is 1. The Morgan fingerprint density at radius 2 is 2.29 bits per heavy atom. The van der Waals surface area contributed by atoms with Crippen molar-refractivity contribution in [3.05, 3.63) is 21.9 Å². The molecule has 0 aliphatic carbocycles. The average Bonchev–Trinajstić information content (AvgIpc) is 2.58. The van der Waals surface area contributed by atoms with Gasteiger partial charge in [0, 0.05) is 15.7 Å². The number of amides is 1. The summed E-state index contributed by atoms with van der Waals surface area (Å²) in [6, 6.07) is 4.17. The molecule has 17 heavy (non-hydrogen) atoms. The van der Waals surface area contributed by atoms with Crippen molar-refractivity contribution in [3.63, 3.8) is 0 Å². The topological polar surface area (TPSA) is 41.1 Å². The van der Waals surface area contributed by atoms with Crippen molar-refractivity contribution in [1.29, 1.82) is 0 Å². The smallest absolute Gasteiger partial charge is 0.223 e. The highest BCUT2D eigenvalue weighted by atomic mass is 35.5. The van der Waals surface area contributed by atoms with Gasteiger partial charge < -0.3 is 10.6 Å². The predicted octanol–water partition coefficient (Wildman–Crippen LogP) is 1.95. The molecule has 1 amide bonds. The Bertz CT molecular complexity index is 376. The van der Waals surface area contributed by atoms with Gasteiger partial charge in [-0.15, -0.1) is 23.7 Å². The molecule has 1 aromatic rings. The fourth-order valence-corrected chi connectivity index (χ4v) is 2.62. The molecule has 1 atom stereocenters. The number of hydrogen-bond donors (Lipinski definition) is 2. The Labute approximate surface area is 112 Å². The second-order valence-electron chi connectivity index (χ2n) is 4.44. The van der Waals surface area contributed by atoms with Crippen molar-refractivity contribution in [3.8, 4) is 0 Å². The minimum absolute atomic E-state index is 0. The van der Waals surface area contributed by atoms with Crippen LogP contribution in [0.2, 0.25) is 0 Å². The molecule has 96 valence electrons. The molecule has 0 spiro atoms. The number of thiophene rings is 1. The van der Waals surface area contributed by atoms with Crippen molar-refractivity contribution in [2.45, 2.75) is 20.4 Å². The summed E-state index contributed by atoms with van der Waals surface area (Å²) in [4.78, 5) is 14.3. The van der Waals surface area contributed by atoms with Gasteiger partial charge in [-0.25, -0.2) is 0 Å². The van der Waals surface area contributed by atoms with Crippen LogP contribution in [-0.4, -0.2) is 19.0 Å². The molecule has 0 bridgehead atoms. The van der Waals surface area contributed by atoms with Crippen molar-refractivity contribution in [2.75, 3.05) is 13.1 Å². The van der Waals surface area contributed by atoms with Gasteiger partial charge in [-0.2, -0.15) is 0 Å². The molecule has 1 aromatic heterocycles. The summed E-state index contributed by atoms with van der Waals surface area (Å²) in [5, 5.41) is 6.20. The van der Waals surface area contributed by atoms with Gasteiger partial charge in [-0.05, 0) is 38.1 Å². The van der Waals surface area contributed by atoms with Crippen LogP contribution in [0.25, 0.3) is 0 Å². The van der Waals surface area contributed by atoms with E-state index in [1.54, 1.807) is 11.3 Å². The Hall–Kier alpha value is -0.580. The number of aryl methyl sites for hydroxylation is 1. The molecule has 1 unspecified atom stereocenters. The third-order valence-electron chi connectivity index (χ3n) is 3.17. The van der Waals surface area contributed by atoms with Crippen LogP contribution in [0.3, 0.4) is 0 Å². The third-order valence-corrected chi connectivity index (χ3v) is 4.17. The van der Waals surface area contributed by atoms with E-state index in [2.05, 4.69) is 29.7 Å². The lowest BCUT2D eigenvalue weighted by molar-refractivity contribution is -0.126. The summed E-state index contributed by atoms with van der Waals surface area (Å²) in [5.74, 6) is 0.824. The average molecular weight is 275 g/mol. The maximum atomic E-state index is 11.8. The van der Waals surface area contributed by atoms with E-state index in [-0.39, 0.29) is 24.2 Å². The molecular formula is C12H19ClN2OS. The predicted molar refractivity (Wildman–Crippen MR) is 73.7 cm³/mol. The maximum Gasteiger partial charge on any atom is 0.223 e. The number of rotatable bonds is 4. The molecule has 1 aliphatic heterocycles. The van der Waals surface area contributed by atoms with Crippen LogP contribution >= 0.6 is 23.7 Å². The van der Waals surface area contributed by atoms with Gasteiger partial charge in [0.15, 0.2) is 0 Å². The Morgan fingerprint density at radius 3 is 2.76 bits per heavy atom. The highest BCUT2D eigenvalue weighted by Gasteiger charge is 2.28. The van der Waals surface area contributed by atoms with Crippen LogP contribution in [0.15, 0.2) is 12.1 Å². The lowest BCUT2D eigenvalue weighted by Gasteiger charge is -2.31. The van der Waals surface area contributed by atoms with E-state index >= 15 is 0 Å². The number of halogens is 1. The van der Waals surface area contributed by atoms with E-state index < -0.39 is 0 Å². The lowest BCUT2D eigenvalue weighted by Crippen LogP contribution is -2.49. The Morgan fingerprint density at radius 1 is 1.59 bits per heavy atom. The van der Waals surface area contributed by atoms with Crippen molar-refractivity contribution in [2.24, 2.45) is 11.8 Å². The number of carbonyl (C=O) groups is 1. The van der Waals surface area contributed by atoms with Crippen molar-refractivity contribution < 1.29 is 4.79 Å². The molecule has 3 nitrogen and oxygen atoms in total. The highest BCUT2D eigenvalue weighted by molar-refractivity contribution is 7.11. The van der Waals surface area contributed by atoms with E-state index in [1.165, 1.54) is 9.75 Å². The highest BCUT2D eigenvalue weighted by Crippen LogP contribution is 2.17. The van der Waals surface area contributed by atoms with Crippen LogP contribution in [0.1, 0.15) is 16.7 Å². The first-order valence-electron chi connectivity index (χ1n) is 5.70. The molecule has 0 aromatic carbocycles. The van der Waals surface area contributed by atoms with E-state index in [0.717, 1.165) is 13.1 Å². The second-order valence-corrected chi connectivity index (χ2v) is 5.81. The van der Waals surface area contributed by atoms with Crippen LogP contribution < -0.4 is 10.6 Å². The summed E-state index contributed by atoms with van der Waals surface area (Å²) in [6.45, 7) is 6.72. The third kappa shape index (κ3) is 3.69. The lowest BCUT2D eigenvalue weighted by atomic mass is 9.88. The molecule has 2 rings (SSSR count). The molecule has 5 heteroatoms. The van der Waals surface area contributed by atoms with Crippen molar-refractivity contribution in [1.82, 2.24) is 10.6 Å². The largest absolute Gasteiger partial charge is 0.351 e. The summed E-state index contributed by atoms with van der Waals surface area (Å²) >= 11 is 1.74. The summed E-state index contributed by atoms with van der Waals surface area (Å²) in [6.07, 6.45) is 0. The zero-order valence-corrected chi connectivity index (χ0v) is 11.8. The molecule has 1 fully saturated rings. The van der Waals surface area contributed by atoms with Gasteiger partial charge in [0.2, 0.25) is 5.91 Å². The van der Waals surface area contributed by atoms with Gasteiger partial charge in [-0.3, -0.25) is 4.79 Å². The first-order chi connectivity index (χ1) is 7.66. The summed E-state index contributed by atoms with van der Waals surface area (Å²) in [5.41, 5.74) is 0. The van der Waals surface area contributed by atoms with E-state index in [1.807, 2.05) is 6.92 Å². The van der Waals surface area contributed by atoms with E-state index in [4.69, 9.17) is 0 Å². The van der Waals surface area contributed by atoms with Crippen molar-refractivity contribution >= 4 is 29.7 Å². The van der Waals surface area contributed by atoms with Gasteiger partial charge in [0.25, 0.3) is 0 Å². The van der Waals surface area contributed by atoms with Crippen LogP contribution in [0, 0.1) is 18.8 Å². The first kappa shape index (κ1) is 14.5. The van der Waals surface area contributed by atoms with Gasteiger partial charge in [0.1, 0.15) is 0 Å². The van der Waals surface area contributed by atoms with Crippen LogP contribution in [-0.2, 0) is 11.3 Å². The molecule has 2 N–H and O–H groups in total. The minimum atomic E-state index is 0. The fraction of sp³-hybridized carbons (Fsp3) is 0.583. The summed E-state index contributed by atoms with van der Waals surface area (Å²) < 4.78 is 0. The quantitative estimate of drug-likeness (QED) is 0.881. The fourth-order valence-electron chi connectivity index (χ4n) is 1.79. The molecule has 1 saturated heterocycles. The molecular weight excluding hydrogens is 256 g/mol. The standard InChI is InChI=1S/C12H18N2OS.ClH/c1-8-3-4-11(16-8)7-14-12(15)9(2)10-5-13-6-10;/h3-4,9-10,13H,5-7H2,1-2H3,(H,14,15);1H. The zero-order chi connectivity index (χ0) is 11.5. The first-order valence-corrected chi connectivity index (χ1v) is 6.52. The van der Waals surface area contributed by atoms with Gasteiger partial charge in [-0.1, -0.05) is 6.92 Å². The molecule has 2 heterocycles. The van der Waals surface area contributed by atoms with E-state index in [0.29, 0.717) is 12.5 Å². The second kappa shape index (κ2) is 6.38. The monoisotopic (exact) mass is 274 g/mol. The van der Waals surface area contributed by atoms with Gasteiger partial charge in [0.05, 0.1) is 6.54 Å². The zero-order valence-electron chi connectivity index (χ0n) is 10.2. The maximum absolute atomic E-state index is 11.8. The number of nitrogens with one attached hydrogen (secondary N) is 2. The SMILES string of the molecule is Cc1ccc(CNC(=O)C(C)C2CNC2)s1.Cl.